The van der Waals surface area contributed by atoms with Crippen molar-refractivity contribution < 1.29 is 61.2 Å². The van der Waals surface area contributed by atoms with Gasteiger partial charge in [-0.15, -0.1) is 10.2 Å². The maximum atomic E-state index is 15.0. The predicted octanol–water partition coefficient (Wildman–Crippen LogP) is 8.16. The number of rotatable bonds is 30. The number of amides is 6. The maximum absolute atomic E-state index is 15.0. The second-order valence-electron chi connectivity index (χ2n) is 25.5. The van der Waals surface area contributed by atoms with Gasteiger partial charge in [-0.3, -0.25) is 28.9 Å². The Morgan fingerprint density at radius 2 is 1.49 bits per heavy atom. The zero-order valence-corrected chi connectivity index (χ0v) is 55.2. The Balaban J connectivity index is 0.752. The summed E-state index contributed by atoms with van der Waals surface area (Å²) in [5.74, 6) is -1.70. The lowest BCUT2D eigenvalue weighted by atomic mass is 9.83. The molecule has 4 atom stereocenters. The summed E-state index contributed by atoms with van der Waals surface area (Å²) < 4.78 is 59.1. The fourth-order valence-corrected chi connectivity index (χ4v) is 11.0. The van der Waals surface area contributed by atoms with Crippen molar-refractivity contribution in [2.24, 2.45) is 5.41 Å². The quantitative estimate of drug-likeness (QED) is 0.0310. The van der Waals surface area contributed by atoms with Gasteiger partial charge in [-0.1, -0.05) is 63.2 Å². The summed E-state index contributed by atoms with van der Waals surface area (Å²) in [6.45, 7) is 15.1. The minimum Gasteiger partial charge on any atom is -0.491 e. The second kappa shape index (κ2) is 33.3. The zero-order valence-electron chi connectivity index (χ0n) is 55.2. The zero-order chi connectivity index (χ0) is 67.5. The molecular weight excluding hydrogens is 1210 g/mol. The van der Waals surface area contributed by atoms with E-state index in [2.05, 4.69) is 47.5 Å². The van der Waals surface area contributed by atoms with E-state index in [1.807, 2.05) is 61.7 Å². The van der Waals surface area contributed by atoms with Gasteiger partial charge in [0.1, 0.15) is 59.7 Å². The number of nitrogens with one attached hydrogen (secondary N) is 4. The minimum atomic E-state index is -1.07. The lowest BCUT2D eigenvalue weighted by Crippen LogP contribution is -2.62. The van der Waals surface area contributed by atoms with Crippen molar-refractivity contribution in [2.45, 2.75) is 143 Å². The van der Waals surface area contributed by atoms with Gasteiger partial charge in [0, 0.05) is 69.7 Å². The Labute approximate surface area is 548 Å². The molecule has 1 aliphatic heterocycles. The average molecular weight is 1300 g/mol. The third-order valence-corrected chi connectivity index (χ3v) is 16.3. The molecule has 0 spiro atoms. The fourth-order valence-electron chi connectivity index (χ4n) is 11.0. The molecule has 6 amide bonds. The highest BCUT2D eigenvalue weighted by Gasteiger charge is 2.44. The van der Waals surface area contributed by atoms with Gasteiger partial charge in [-0.05, 0) is 130 Å². The largest absolute Gasteiger partial charge is 0.491 e. The van der Waals surface area contributed by atoms with Crippen LogP contribution in [0, 0.1) is 17.0 Å². The molecule has 0 saturated carbocycles. The number of benzene rings is 4. The number of fused-ring (bicyclic) bond motifs is 2. The number of hydrogen-bond acceptors (Lipinski definition) is 16. The molecule has 504 valence electrons. The van der Waals surface area contributed by atoms with Gasteiger partial charge < -0.3 is 59.3 Å². The van der Waals surface area contributed by atoms with Crippen LogP contribution in [0.1, 0.15) is 124 Å². The van der Waals surface area contributed by atoms with Gasteiger partial charge in [0.2, 0.25) is 23.6 Å². The van der Waals surface area contributed by atoms with Gasteiger partial charge in [0.15, 0.2) is 11.6 Å². The standard InChI is InChI=1S/C69H88F2N12O11/c1-45(81(9)67(89)94-69(5,6)7)63(85)77-61(68(2,3)4)66(88)83-43-49-39-51(25-24-47(49)40-58(83)65(87)76-56-23-13-17-46-16-10-11-20-52(46)56)93-37-36-92-35-34-91-33-32-90-31-27-60(84)80(8)29-15-30-82-59(78-79-62(82)57-26-28-72-44-75-57)42-73-50-19-12-18-48(38-50)64(86)74-41-53-54(70)21-14-22-55(53)71/h10-12,14,16,18-22,24-26,28,38-39,44-45,56,58,61,73H,13,15,17,23,27,29-37,40-43H2,1-9H3,(H,74,86)(H,76,87)(H,77,85)/t45-,56+,58?,61+/m0/s1. The Kier molecular flexibility index (Phi) is 25.1. The second-order valence-corrected chi connectivity index (χ2v) is 25.5. The molecule has 2 aliphatic rings. The summed E-state index contributed by atoms with van der Waals surface area (Å²) in [5.41, 5.74) is 3.59. The number of ether oxygens (including phenoxy) is 5. The van der Waals surface area contributed by atoms with E-state index in [9.17, 15) is 32.8 Å². The van der Waals surface area contributed by atoms with E-state index in [-0.39, 0.29) is 87.9 Å². The van der Waals surface area contributed by atoms with E-state index in [1.165, 1.54) is 29.9 Å². The van der Waals surface area contributed by atoms with Gasteiger partial charge in [0.05, 0.1) is 58.6 Å². The molecule has 0 fully saturated rings. The van der Waals surface area contributed by atoms with Crippen molar-refractivity contribution in [3.63, 3.8) is 0 Å². The smallest absolute Gasteiger partial charge is 0.410 e. The monoisotopic (exact) mass is 1300 g/mol. The van der Waals surface area contributed by atoms with Crippen LogP contribution >= 0.6 is 0 Å². The number of likely N-dealkylation sites (N-methyl/N-ethyl adjacent to an activating group) is 1. The third kappa shape index (κ3) is 19.8. The van der Waals surface area contributed by atoms with E-state index >= 15 is 4.79 Å². The molecule has 2 aromatic heterocycles. The predicted molar refractivity (Wildman–Crippen MR) is 347 cm³/mol. The first-order valence-corrected chi connectivity index (χ1v) is 31.9. The molecule has 8 rings (SSSR count). The summed E-state index contributed by atoms with van der Waals surface area (Å²) in [5, 5.41) is 20.9. The minimum absolute atomic E-state index is 0.0775. The summed E-state index contributed by atoms with van der Waals surface area (Å²) in [4.78, 5) is 95.3. The van der Waals surface area contributed by atoms with Crippen molar-refractivity contribution in [1.82, 2.24) is 55.4 Å². The van der Waals surface area contributed by atoms with E-state index in [1.54, 1.807) is 81.1 Å². The molecule has 1 aliphatic carbocycles. The van der Waals surface area contributed by atoms with Crippen LogP contribution in [0.2, 0.25) is 0 Å². The first kappa shape index (κ1) is 70.9. The van der Waals surface area contributed by atoms with Crippen LogP contribution in [-0.2, 0) is 77.1 Å². The van der Waals surface area contributed by atoms with Crippen LogP contribution in [-0.4, -0.2) is 166 Å². The highest BCUT2D eigenvalue weighted by atomic mass is 19.1. The molecule has 4 aromatic carbocycles. The van der Waals surface area contributed by atoms with Gasteiger partial charge in [-0.25, -0.2) is 23.5 Å². The first-order chi connectivity index (χ1) is 44.9. The highest BCUT2D eigenvalue weighted by Crippen LogP contribution is 2.34. The molecule has 0 bridgehead atoms. The highest BCUT2D eigenvalue weighted by molar-refractivity contribution is 5.96. The lowest BCUT2D eigenvalue weighted by molar-refractivity contribution is -0.147. The lowest BCUT2D eigenvalue weighted by Gasteiger charge is -2.42. The van der Waals surface area contributed by atoms with Crippen LogP contribution < -0.4 is 26.0 Å². The molecule has 23 nitrogen and oxygen atoms in total. The molecule has 1 unspecified atom stereocenters. The number of anilines is 1. The van der Waals surface area contributed by atoms with Crippen LogP contribution in [0.25, 0.3) is 11.5 Å². The van der Waals surface area contributed by atoms with E-state index < -0.39 is 64.6 Å². The Bertz CT molecular complexity index is 3540. The Morgan fingerprint density at radius 1 is 0.777 bits per heavy atom. The molecular formula is C69H88F2N12O11. The summed E-state index contributed by atoms with van der Waals surface area (Å²) in [7, 11) is 3.21. The average Bonchev–Trinajstić information content (AvgIpc) is 0.914. The molecule has 94 heavy (non-hydrogen) atoms. The Hall–Kier alpha value is -8.94. The number of nitrogens with zero attached hydrogens (tertiary/aromatic N) is 8. The SMILES string of the molecule is C[C@@H](C(=O)N[C@H](C(=O)N1Cc2cc(OCCOCCOCCOCCC(=O)N(C)CCCn3c(CNc4cccc(C(=O)NCc5c(F)cccc5F)c4)nnc3-c3ccncn3)ccc2CC1C(=O)N[C@@H]1CCCc2ccccc21)C(C)(C)C)N(C)C(=O)OC(C)(C)C. The van der Waals surface area contributed by atoms with Crippen LogP contribution in [0.3, 0.4) is 0 Å². The molecule has 25 heteroatoms. The molecule has 0 radical (unpaired) electrons. The van der Waals surface area contributed by atoms with Gasteiger partial charge in [-0.2, -0.15) is 0 Å². The topological polar surface area (TPSA) is 263 Å². The van der Waals surface area contributed by atoms with E-state index in [4.69, 9.17) is 23.7 Å². The number of aromatic nitrogens is 5. The van der Waals surface area contributed by atoms with Crippen molar-refractivity contribution in [3.05, 3.63) is 154 Å². The summed E-state index contributed by atoms with van der Waals surface area (Å²) in [6, 6.07) is 22.5. The summed E-state index contributed by atoms with van der Waals surface area (Å²) in [6.07, 6.45) is 5.92. The fraction of sp³-hybridized carbons (Fsp3) is 0.478. The number of carbonyl (C=O) groups is 6. The molecule has 4 N–H and O–H groups in total. The number of carbonyl (C=O) groups excluding carboxylic acids is 6. The van der Waals surface area contributed by atoms with Crippen LogP contribution in [0.5, 0.6) is 5.75 Å². The maximum Gasteiger partial charge on any atom is 0.410 e. The van der Waals surface area contributed by atoms with Crippen LogP contribution in [0.15, 0.2) is 104 Å². The van der Waals surface area contributed by atoms with Gasteiger partial charge >= 0.3 is 6.09 Å². The summed E-state index contributed by atoms with van der Waals surface area (Å²) >= 11 is 0. The molecule has 6 aromatic rings. The van der Waals surface area contributed by atoms with Crippen molar-refractivity contribution in [2.75, 3.05) is 72.2 Å². The Morgan fingerprint density at radius 3 is 2.20 bits per heavy atom. The number of aryl methyl sites for hydroxylation is 1. The molecule has 3 heterocycles. The van der Waals surface area contributed by atoms with Crippen LogP contribution in [0.4, 0.5) is 19.3 Å². The van der Waals surface area contributed by atoms with Crippen molar-refractivity contribution in [1.29, 1.82) is 0 Å². The third-order valence-electron chi connectivity index (χ3n) is 16.3. The normalized spacial score (nSPS) is 15.2. The first-order valence-electron chi connectivity index (χ1n) is 31.9. The number of halogens is 2. The van der Waals surface area contributed by atoms with E-state index in [0.717, 1.165) is 48.1 Å². The van der Waals surface area contributed by atoms with Crippen molar-refractivity contribution in [3.8, 4) is 17.3 Å². The molecule has 0 saturated heterocycles. The van der Waals surface area contributed by atoms with Gasteiger partial charge in [0.25, 0.3) is 5.91 Å². The van der Waals surface area contributed by atoms with E-state index in [0.29, 0.717) is 68.1 Å². The number of hydrogen-bond donors (Lipinski definition) is 4. The van der Waals surface area contributed by atoms with Crippen molar-refractivity contribution >= 4 is 41.3 Å².